The van der Waals surface area contributed by atoms with E-state index in [2.05, 4.69) is 17.9 Å². The SMILES string of the molecule is CC1CCN(Cc2cccc(C(=O)Cl)c2)CC1. The maximum atomic E-state index is 11.1. The summed E-state index contributed by atoms with van der Waals surface area (Å²) >= 11 is 5.48. The number of hydrogen-bond donors (Lipinski definition) is 0. The van der Waals surface area contributed by atoms with E-state index >= 15 is 0 Å². The third-order valence-corrected chi connectivity index (χ3v) is 3.65. The van der Waals surface area contributed by atoms with E-state index in [1.54, 1.807) is 6.07 Å². The second-order valence-corrected chi connectivity index (χ2v) is 5.28. The Balaban J connectivity index is 1.98. The molecule has 0 aromatic heterocycles. The molecule has 1 aromatic rings. The van der Waals surface area contributed by atoms with Gasteiger partial charge in [0.05, 0.1) is 0 Å². The van der Waals surface area contributed by atoms with E-state index in [0.29, 0.717) is 5.56 Å². The summed E-state index contributed by atoms with van der Waals surface area (Å²) in [4.78, 5) is 13.5. The van der Waals surface area contributed by atoms with Crippen LogP contribution in [0.5, 0.6) is 0 Å². The molecule has 0 radical (unpaired) electrons. The molecule has 2 rings (SSSR count). The molecule has 1 fully saturated rings. The summed E-state index contributed by atoms with van der Waals surface area (Å²) in [6.45, 7) is 5.54. The van der Waals surface area contributed by atoms with E-state index in [4.69, 9.17) is 11.6 Å². The van der Waals surface area contributed by atoms with Gasteiger partial charge < -0.3 is 0 Å². The average molecular weight is 252 g/mol. The first-order valence-electron chi connectivity index (χ1n) is 6.16. The molecule has 0 saturated carbocycles. The zero-order valence-electron chi connectivity index (χ0n) is 10.2. The molecule has 17 heavy (non-hydrogen) atoms. The molecule has 1 aliphatic rings. The standard InChI is InChI=1S/C14H18ClNO/c1-11-5-7-16(8-6-11)10-12-3-2-4-13(9-12)14(15)17/h2-4,9,11H,5-8,10H2,1H3. The minimum atomic E-state index is -0.376. The minimum absolute atomic E-state index is 0.376. The first-order chi connectivity index (χ1) is 8.15. The molecule has 0 bridgehead atoms. The fourth-order valence-electron chi connectivity index (χ4n) is 2.27. The van der Waals surface area contributed by atoms with Gasteiger partial charge in [-0.2, -0.15) is 0 Å². The zero-order valence-corrected chi connectivity index (χ0v) is 10.9. The number of rotatable bonds is 3. The molecule has 92 valence electrons. The van der Waals surface area contributed by atoms with Crippen LogP contribution < -0.4 is 0 Å². The number of carbonyl (C=O) groups is 1. The third kappa shape index (κ3) is 3.55. The van der Waals surface area contributed by atoms with Crippen molar-refractivity contribution in [3.63, 3.8) is 0 Å². The van der Waals surface area contributed by atoms with Gasteiger partial charge in [0, 0.05) is 12.1 Å². The van der Waals surface area contributed by atoms with Gasteiger partial charge in [0.15, 0.2) is 0 Å². The smallest absolute Gasteiger partial charge is 0.252 e. The maximum Gasteiger partial charge on any atom is 0.252 e. The van der Waals surface area contributed by atoms with Crippen LogP contribution in [0, 0.1) is 5.92 Å². The molecule has 0 unspecified atom stereocenters. The number of carbonyl (C=O) groups excluding carboxylic acids is 1. The third-order valence-electron chi connectivity index (χ3n) is 3.44. The predicted molar refractivity (Wildman–Crippen MR) is 70.3 cm³/mol. The van der Waals surface area contributed by atoms with Crippen molar-refractivity contribution in [3.05, 3.63) is 35.4 Å². The van der Waals surface area contributed by atoms with Crippen LogP contribution in [0.25, 0.3) is 0 Å². The van der Waals surface area contributed by atoms with Crippen LogP contribution in [0.2, 0.25) is 0 Å². The highest BCUT2D eigenvalue weighted by molar-refractivity contribution is 6.67. The van der Waals surface area contributed by atoms with Crippen molar-refractivity contribution in [2.45, 2.75) is 26.3 Å². The first-order valence-corrected chi connectivity index (χ1v) is 6.54. The molecule has 0 spiro atoms. The van der Waals surface area contributed by atoms with Crippen LogP contribution in [-0.4, -0.2) is 23.2 Å². The van der Waals surface area contributed by atoms with Crippen molar-refractivity contribution in [3.8, 4) is 0 Å². The number of benzene rings is 1. The molecule has 3 heteroatoms. The fourth-order valence-corrected chi connectivity index (χ4v) is 2.39. The Bertz CT molecular complexity index is 397. The Morgan fingerprint density at radius 1 is 1.41 bits per heavy atom. The van der Waals surface area contributed by atoms with Gasteiger partial charge in [0.2, 0.25) is 0 Å². The highest BCUT2D eigenvalue weighted by Crippen LogP contribution is 2.18. The molecular formula is C14H18ClNO. The number of piperidine rings is 1. The highest BCUT2D eigenvalue weighted by Gasteiger charge is 2.15. The number of likely N-dealkylation sites (tertiary alicyclic amines) is 1. The summed E-state index contributed by atoms with van der Waals surface area (Å²) in [5.74, 6) is 0.849. The van der Waals surface area contributed by atoms with Gasteiger partial charge >= 0.3 is 0 Å². The lowest BCUT2D eigenvalue weighted by atomic mass is 9.99. The molecule has 2 nitrogen and oxygen atoms in total. The second kappa shape index (κ2) is 5.65. The van der Waals surface area contributed by atoms with Gasteiger partial charge in [-0.25, -0.2) is 0 Å². The summed E-state index contributed by atoms with van der Waals surface area (Å²) in [5, 5.41) is -0.376. The quantitative estimate of drug-likeness (QED) is 0.769. The van der Waals surface area contributed by atoms with Crippen LogP contribution in [0.15, 0.2) is 24.3 Å². The van der Waals surface area contributed by atoms with E-state index in [1.807, 2.05) is 12.1 Å². The van der Waals surface area contributed by atoms with Crippen molar-refractivity contribution in [1.82, 2.24) is 4.90 Å². The lowest BCUT2D eigenvalue weighted by molar-refractivity contribution is 0.108. The van der Waals surface area contributed by atoms with Crippen LogP contribution in [0.3, 0.4) is 0 Å². The van der Waals surface area contributed by atoms with Crippen molar-refractivity contribution in [2.75, 3.05) is 13.1 Å². The number of nitrogens with zero attached hydrogens (tertiary/aromatic N) is 1. The summed E-state index contributed by atoms with van der Waals surface area (Å²) in [6.07, 6.45) is 2.54. The lowest BCUT2D eigenvalue weighted by Gasteiger charge is -2.30. The van der Waals surface area contributed by atoms with Gasteiger partial charge in [-0.15, -0.1) is 0 Å². The largest absolute Gasteiger partial charge is 0.299 e. The van der Waals surface area contributed by atoms with Crippen LogP contribution >= 0.6 is 11.6 Å². The van der Waals surface area contributed by atoms with Gasteiger partial charge in [0.1, 0.15) is 0 Å². The Labute approximate surface area is 108 Å². The summed E-state index contributed by atoms with van der Waals surface area (Å²) < 4.78 is 0. The fraction of sp³-hybridized carbons (Fsp3) is 0.500. The number of halogens is 1. The molecule has 0 amide bonds. The van der Waals surface area contributed by atoms with Crippen LogP contribution in [0.1, 0.15) is 35.7 Å². The first kappa shape index (κ1) is 12.6. The van der Waals surface area contributed by atoms with Crippen LogP contribution in [0.4, 0.5) is 0 Å². The molecule has 1 aromatic carbocycles. The molecule has 1 aliphatic heterocycles. The summed E-state index contributed by atoms with van der Waals surface area (Å²) in [7, 11) is 0. The monoisotopic (exact) mass is 251 g/mol. The number of hydrogen-bond acceptors (Lipinski definition) is 2. The topological polar surface area (TPSA) is 20.3 Å². The molecule has 0 atom stereocenters. The Hall–Kier alpha value is -0.860. The predicted octanol–water partition coefficient (Wildman–Crippen LogP) is 3.30. The Morgan fingerprint density at radius 3 is 2.76 bits per heavy atom. The van der Waals surface area contributed by atoms with Crippen molar-refractivity contribution in [1.29, 1.82) is 0 Å². The van der Waals surface area contributed by atoms with E-state index in [0.717, 1.165) is 25.6 Å². The maximum absolute atomic E-state index is 11.1. The summed E-state index contributed by atoms with van der Waals surface area (Å²) in [5.41, 5.74) is 1.76. The minimum Gasteiger partial charge on any atom is -0.299 e. The van der Waals surface area contributed by atoms with Crippen molar-refractivity contribution >= 4 is 16.8 Å². The molecule has 1 saturated heterocycles. The van der Waals surface area contributed by atoms with Gasteiger partial charge in [-0.1, -0.05) is 25.1 Å². The Morgan fingerprint density at radius 2 is 2.12 bits per heavy atom. The summed E-state index contributed by atoms with van der Waals surface area (Å²) in [6, 6.07) is 7.61. The van der Waals surface area contributed by atoms with Gasteiger partial charge in [-0.05, 0) is 55.1 Å². The second-order valence-electron chi connectivity index (χ2n) is 4.93. The average Bonchev–Trinajstić information content (AvgIpc) is 2.32. The zero-order chi connectivity index (χ0) is 12.3. The molecular weight excluding hydrogens is 234 g/mol. The normalized spacial score (nSPS) is 18.2. The van der Waals surface area contributed by atoms with Gasteiger partial charge in [0.25, 0.3) is 5.24 Å². The van der Waals surface area contributed by atoms with Crippen molar-refractivity contribution < 1.29 is 4.79 Å². The molecule has 0 N–H and O–H groups in total. The molecule has 0 aliphatic carbocycles. The van der Waals surface area contributed by atoms with E-state index in [9.17, 15) is 4.79 Å². The Kier molecular flexibility index (Phi) is 4.19. The van der Waals surface area contributed by atoms with E-state index < -0.39 is 0 Å². The lowest BCUT2D eigenvalue weighted by Crippen LogP contribution is -2.32. The highest BCUT2D eigenvalue weighted by atomic mass is 35.5. The van der Waals surface area contributed by atoms with E-state index in [1.165, 1.54) is 18.4 Å². The van der Waals surface area contributed by atoms with Gasteiger partial charge in [-0.3, -0.25) is 9.69 Å². The molecule has 1 heterocycles. The van der Waals surface area contributed by atoms with Crippen LogP contribution in [-0.2, 0) is 6.54 Å². The van der Waals surface area contributed by atoms with Crippen molar-refractivity contribution in [2.24, 2.45) is 5.92 Å². The van der Waals surface area contributed by atoms with E-state index in [-0.39, 0.29) is 5.24 Å².